The Kier molecular flexibility index (Phi) is 6.02. The molecule has 0 aliphatic rings. The van der Waals surface area contributed by atoms with Crippen LogP contribution < -0.4 is 21.5 Å². The molecule has 0 bridgehead atoms. The maximum Gasteiger partial charge on any atom is 0.243 e. The number of imidazole rings is 1. The van der Waals surface area contributed by atoms with Crippen LogP contribution >= 0.6 is 0 Å². The molecule has 0 fully saturated rings. The van der Waals surface area contributed by atoms with Gasteiger partial charge in [0.05, 0.1) is 13.1 Å². The third kappa shape index (κ3) is 3.36. The Morgan fingerprint density at radius 1 is 1.50 bits per heavy atom. The quantitative estimate of drug-likeness (QED) is 0.560. The molecule has 0 unspecified atom stereocenters. The topological polar surface area (TPSA) is 29.0 Å². The SMILES string of the molecule is CCn1cc[n+](CCCO)c1.[Br-]. The minimum atomic E-state index is 0. The summed E-state index contributed by atoms with van der Waals surface area (Å²) in [7, 11) is 0. The summed E-state index contributed by atoms with van der Waals surface area (Å²) in [6.45, 7) is 4.29. The van der Waals surface area contributed by atoms with E-state index in [2.05, 4.69) is 22.4 Å². The van der Waals surface area contributed by atoms with Crippen LogP contribution in [-0.2, 0) is 13.1 Å². The Bertz CT molecular complexity index is 213. The van der Waals surface area contributed by atoms with E-state index in [1.807, 2.05) is 12.4 Å². The zero-order chi connectivity index (χ0) is 8.10. The van der Waals surface area contributed by atoms with Crippen molar-refractivity contribution in [1.29, 1.82) is 0 Å². The normalized spacial score (nSPS) is 9.50. The van der Waals surface area contributed by atoms with E-state index in [-0.39, 0.29) is 23.6 Å². The first-order valence-electron chi connectivity index (χ1n) is 4.02. The van der Waals surface area contributed by atoms with Gasteiger partial charge in [-0.25, -0.2) is 9.13 Å². The van der Waals surface area contributed by atoms with E-state index in [0.29, 0.717) is 0 Å². The number of nitrogens with zero attached hydrogens (tertiary/aromatic N) is 2. The predicted octanol–water partition coefficient (Wildman–Crippen LogP) is -2.82. The highest BCUT2D eigenvalue weighted by Gasteiger charge is 1.99. The van der Waals surface area contributed by atoms with Crippen molar-refractivity contribution in [2.24, 2.45) is 0 Å². The zero-order valence-electron chi connectivity index (χ0n) is 7.28. The van der Waals surface area contributed by atoms with E-state index in [4.69, 9.17) is 5.11 Å². The molecule has 1 N–H and O–H groups in total. The molecular formula is C8H15BrN2O. The van der Waals surface area contributed by atoms with Crippen LogP contribution in [-0.4, -0.2) is 16.3 Å². The zero-order valence-corrected chi connectivity index (χ0v) is 8.87. The number of halogens is 1. The van der Waals surface area contributed by atoms with Crippen LogP contribution in [0.25, 0.3) is 0 Å². The van der Waals surface area contributed by atoms with E-state index in [1.54, 1.807) is 0 Å². The minimum Gasteiger partial charge on any atom is -1.00 e. The number of aromatic nitrogens is 2. The fraction of sp³-hybridized carbons (Fsp3) is 0.625. The first-order chi connectivity index (χ1) is 5.36. The first-order valence-corrected chi connectivity index (χ1v) is 4.02. The molecule has 1 rings (SSSR count). The molecule has 0 spiro atoms. The third-order valence-electron chi connectivity index (χ3n) is 1.69. The summed E-state index contributed by atoms with van der Waals surface area (Å²) in [6.07, 6.45) is 6.95. The summed E-state index contributed by atoms with van der Waals surface area (Å²) < 4.78 is 4.19. The predicted molar refractivity (Wildman–Crippen MR) is 42.0 cm³/mol. The largest absolute Gasteiger partial charge is 1.00 e. The van der Waals surface area contributed by atoms with E-state index in [1.165, 1.54) is 0 Å². The molecule has 12 heavy (non-hydrogen) atoms. The van der Waals surface area contributed by atoms with Gasteiger partial charge in [0.1, 0.15) is 12.4 Å². The average molecular weight is 235 g/mol. The second-order valence-electron chi connectivity index (χ2n) is 2.56. The molecule has 0 amide bonds. The van der Waals surface area contributed by atoms with Crippen molar-refractivity contribution in [2.45, 2.75) is 26.4 Å². The number of aryl methyl sites for hydroxylation is 2. The fourth-order valence-corrected chi connectivity index (χ4v) is 1.01. The van der Waals surface area contributed by atoms with Gasteiger partial charge in [-0.15, -0.1) is 0 Å². The molecule has 0 saturated heterocycles. The smallest absolute Gasteiger partial charge is 0.243 e. The van der Waals surface area contributed by atoms with Gasteiger partial charge in [-0.2, -0.15) is 0 Å². The number of hydrogen-bond acceptors (Lipinski definition) is 1. The Morgan fingerprint density at radius 2 is 2.25 bits per heavy atom. The Labute approximate surface area is 83.4 Å². The van der Waals surface area contributed by atoms with Gasteiger partial charge in [-0.1, -0.05) is 0 Å². The molecule has 1 aromatic heterocycles. The Balaban J connectivity index is 0.00000121. The van der Waals surface area contributed by atoms with Gasteiger partial charge >= 0.3 is 0 Å². The van der Waals surface area contributed by atoms with Gasteiger partial charge < -0.3 is 22.1 Å². The van der Waals surface area contributed by atoms with Crippen LogP contribution in [0.2, 0.25) is 0 Å². The van der Waals surface area contributed by atoms with Crippen molar-refractivity contribution in [3.05, 3.63) is 18.7 Å². The summed E-state index contributed by atoms with van der Waals surface area (Å²) in [6, 6.07) is 0. The molecule has 4 heteroatoms. The van der Waals surface area contributed by atoms with Crippen LogP contribution in [0, 0.1) is 0 Å². The summed E-state index contributed by atoms with van der Waals surface area (Å²) in [5.74, 6) is 0. The maximum absolute atomic E-state index is 8.57. The van der Waals surface area contributed by atoms with Crippen LogP contribution in [0.3, 0.4) is 0 Å². The molecule has 1 aromatic rings. The van der Waals surface area contributed by atoms with Crippen molar-refractivity contribution >= 4 is 0 Å². The highest BCUT2D eigenvalue weighted by atomic mass is 79.9. The van der Waals surface area contributed by atoms with Crippen LogP contribution in [0.15, 0.2) is 18.7 Å². The highest BCUT2D eigenvalue weighted by molar-refractivity contribution is 4.64. The summed E-state index contributed by atoms with van der Waals surface area (Å²) >= 11 is 0. The van der Waals surface area contributed by atoms with Crippen molar-refractivity contribution in [3.8, 4) is 0 Å². The molecule has 0 saturated carbocycles. The van der Waals surface area contributed by atoms with Crippen molar-refractivity contribution < 1.29 is 26.7 Å². The lowest BCUT2D eigenvalue weighted by Crippen LogP contribution is -3.00. The van der Waals surface area contributed by atoms with Crippen LogP contribution in [0.4, 0.5) is 0 Å². The van der Waals surface area contributed by atoms with Crippen LogP contribution in [0.5, 0.6) is 0 Å². The third-order valence-corrected chi connectivity index (χ3v) is 1.69. The van der Waals surface area contributed by atoms with Crippen molar-refractivity contribution in [2.75, 3.05) is 6.61 Å². The molecule has 1 heterocycles. The van der Waals surface area contributed by atoms with Crippen LogP contribution in [0.1, 0.15) is 13.3 Å². The van der Waals surface area contributed by atoms with E-state index in [9.17, 15) is 0 Å². The fourth-order valence-electron chi connectivity index (χ4n) is 1.01. The molecule has 3 nitrogen and oxygen atoms in total. The molecule has 0 atom stereocenters. The summed E-state index contributed by atoms with van der Waals surface area (Å²) in [5.41, 5.74) is 0. The number of rotatable bonds is 4. The monoisotopic (exact) mass is 234 g/mol. The molecule has 0 aromatic carbocycles. The molecule has 0 aliphatic carbocycles. The first kappa shape index (κ1) is 11.6. The summed E-state index contributed by atoms with van der Waals surface area (Å²) in [5, 5.41) is 8.57. The van der Waals surface area contributed by atoms with E-state index >= 15 is 0 Å². The average Bonchev–Trinajstić information content (AvgIpc) is 2.48. The molecule has 0 aliphatic heterocycles. The van der Waals surface area contributed by atoms with Crippen molar-refractivity contribution in [3.63, 3.8) is 0 Å². The van der Waals surface area contributed by atoms with Gasteiger partial charge in [-0.05, 0) is 6.92 Å². The van der Waals surface area contributed by atoms with E-state index in [0.717, 1.165) is 19.5 Å². The Hall–Kier alpha value is -0.350. The van der Waals surface area contributed by atoms with Gasteiger partial charge in [0.2, 0.25) is 6.33 Å². The molecular weight excluding hydrogens is 220 g/mol. The standard InChI is InChI=1S/C8H15N2O.BrH/c1-2-9-5-6-10(8-9)4-3-7-11;/h5-6,8,11H,2-4,7H2,1H3;1H/q+1;/p-1. The van der Waals surface area contributed by atoms with Gasteiger partial charge in [0.15, 0.2) is 0 Å². The Morgan fingerprint density at radius 3 is 2.75 bits per heavy atom. The lowest BCUT2D eigenvalue weighted by molar-refractivity contribution is -0.697. The highest BCUT2D eigenvalue weighted by Crippen LogP contribution is 1.84. The second-order valence-corrected chi connectivity index (χ2v) is 2.56. The lowest BCUT2D eigenvalue weighted by Gasteiger charge is -1.91. The number of aliphatic hydroxyl groups is 1. The number of hydrogen-bond donors (Lipinski definition) is 1. The number of aliphatic hydroxyl groups excluding tert-OH is 1. The molecule has 70 valence electrons. The lowest BCUT2D eigenvalue weighted by atomic mass is 10.4. The molecule has 0 radical (unpaired) electrons. The van der Waals surface area contributed by atoms with Gasteiger partial charge in [0.25, 0.3) is 0 Å². The van der Waals surface area contributed by atoms with Crippen molar-refractivity contribution in [1.82, 2.24) is 4.57 Å². The second kappa shape index (κ2) is 6.20. The minimum absolute atomic E-state index is 0. The summed E-state index contributed by atoms with van der Waals surface area (Å²) in [4.78, 5) is 0. The van der Waals surface area contributed by atoms with E-state index < -0.39 is 0 Å². The maximum atomic E-state index is 8.57. The van der Waals surface area contributed by atoms with Gasteiger partial charge in [-0.3, -0.25) is 0 Å². The van der Waals surface area contributed by atoms with Gasteiger partial charge in [0, 0.05) is 13.0 Å².